The predicted molar refractivity (Wildman–Crippen MR) is 80.8 cm³/mol. The Balaban J connectivity index is 1.91. The lowest BCUT2D eigenvalue weighted by atomic mass is 10.3. The molecular formula is C14H20N4O3. The van der Waals surface area contributed by atoms with Crippen molar-refractivity contribution in [3.63, 3.8) is 0 Å². The molecule has 1 fully saturated rings. The number of benzene rings is 1. The lowest BCUT2D eigenvalue weighted by Crippen LogP contribution is -2.30. The van der Waals surface area contributed by atoms with E-state index in [0.717, 1.165) is 12.8 Å². The molecule has 21 heavy (non-hydrogen) atoms. The molecule has 0 heterocycles. The van der Waals surface area contributed by atoms with Crippen LogP contribution in [0, 0.1) is 0 Å². The minimum Gasteiger partial charge on any atom is -0.493 e. The van der Waals surface area contributed by atoms with E-state index < -0.39 is 0 Å². The number of aliphatic imine (C=N–C) groups is 1. The molecule has 0 atom stereocenters. The Morgan fingerprint density at radius 2 is 2.05 bits per heavy atom. The number of carbonyl (C=O) groups excluding carboxylic acids is 1. The molecule has 0 spiro atoms. The summed E-state index contributed by atoms with van der Waals surface area (Å²) >= 11 is 0. The average molecular weight is 292 g/mol. The highest BCUT2D eigenvalue weighted by molar-refractivity contribution is 5.94. The number of nitrogens with zero attached hydrogens (tertiary/aromatic N) is 1. The third-order valence-electron chi connectivity index (χ3n) is 2.99. The molecule has 7 heteroatoms. The number of hydrogen-bond acceptors (Lipinski definition) is 4. The smallest absolute Gasteiger partial charge is 0.242 e. The van der Waals surface area contributed by atoms with Crippen LogP contribution in [0.4, 0.5) is 5.69 Å². The van der Waals surface area contributed by atoms with Crippen LogP contribution < -0.4 is 25.8 Å². The SMILES string of the molecule is COc1ccc(NC(N)=NCC(=O)NC2CC2)cc1OC. The van der Waals surface area contributed by atoms with Gasteiger partial charge in [0.05, 0.1) is 14.2 Å². The topological polar surface area (TPSA) is 98.0 Å². The fourth-order valence-corrected chi connectivity index (χ4v) is 1.76. The summed E-state index contributed by atoms with van der Waals surface area (Å²) in [6, 6.07) is 5.61. The van der Waals surface area contributed by atoms with E-state index in [9.17, 15) is 4.79 Å². The van der Waals surface area contributed by atoms with Crippen molar-refractivity contribution < 1.29 is 14.3 Å². The second-order valence-corrected chi connectivity index (χ2v) is 4.74. The second kappa shape index (κ2) is 6.83. The first-order valence-electron chi connectivity index (χ1n) is 6.70. The molecular weight excluding hydrogens is 272 g/mol. The maximum Gasteiger partial charge on any atom is 0.242 e. The Morgan fingerprint density at radius 3 is 2.67 bits per heavy atom. The monoisotopic (exact) mass is 292 g/mol. The summed E-state index contributed by atoms with van der Waals surface area (Å²) in [5.41, 5.74) is 6.45. The van der Waals surface area contributed by atoms with E-state index in [1.165, 1.54) is 0 Å². The van der Waals surface area contributed by atoms with Crippen LogP contribution in [0.25, 0.3) is 0 Å². The van der Waals surface area contributed by atoms with Crippen molar-refractivity contribution >= 4 is 17.6 Å². The quantitative estimate of drug-likeness (QED) is 0.530. The minimum atomic E-state index is -0.116. The van der Waals surface area contributed by atoms with E-state index in [2.05, 4.69) is 15.6 Å². The van der Waals surface area contributed by atoms with Gasteiger partial charge in [0.1, 0.15) is 6.54 Å². The predicted octanol–water partition coefficient (Wildman–Crippen LogP) is 0.709. The third-order valence-corrected chi connectivity index (χ3v) is 2.99. The molecule has 1 amide bonds. The van der Waals surface area contributed by atoms with Crippen molar-refractivity contribution in [3.8, 4) is 11.5 Å². The van der Waals surface area contributed by atoms with Gasteiger partial charge < -0.3 is 25.8 Å². The number of anilines is 1. The molecule has 7 nitrogen and oxygen atoms in total. The first-order valence-corrected chi connectivity index (χ1v) is 6.70. The summed E-state index contributed by atoms with van der Waals surface area (Å²) in [6.07, 6.45) is 2.10. The summed E-state index contributed by atoms with van der Waals surface area (Å²) in [5.74, 6) is 1.27. The van der Waals surface area contributed by atoms with E-state index in [0.29, 0.717) is 23.2 Å². The summed E-state index contributed by atoms with van der Waals surface area (Å²) in [5, 5.41) is 5.74. The molecule has 1 aromatic rings. The normalized spacial score (nSPS) is 14.5. The number of nitrogens with two attached hydrogens (primary N) is 1. The number of hydrogen-bond donors (Lipinski definition) is 3. The van der Waals surface area contributed by atoms with Crippen LogP contribution >= 0.6 is 0 Å². The van der Waals surface area contributed by atoms with Crippen molar-refractivity contribution in [2.75, 3.05) is 26.1 Å². The third kappa shape index (κ3) is 4.55. The van der Waals surface area contributed by atoms with Crippen LogP contribution in [0.5, 0.6) is 11.5 Å². The number of ether oxygens (including phenoxy) is 2. The van der Waals surface area contributed by atoms with Crippen LogP contribution in [-0.4, -0.2) is 38.7 Å². The molecule has 0 radical (unpaired) electrons. The van der Waals surface area contributed by atoms with Crippen LogP contribution in [-0.2, 0) is 4.79 Å². The van der Waals surface area contributed by atoms with E-state index in [1.54, 1.807) is 32.4 Å². The average Bonchev–Trinajstić information content (AvgIpc) is 3.29. The summed E-state index contributed by atoms with van der Waals surface area (Å²) in [6.45, 7) is 0.0165. The van der Waals surface area contributed by atoms with Crippen LogP contribution in [0.3, 0.4) is 0 Å². The second-order valence-electron chi connectivity index (χ2n) is 4.74. The van der Waals surface area contributed by atoms with Crippen molar-refractivity contribution in [2.24, 2.45) is 10.7 Å². The zero-order chi connectivity index (χ0) is 15.2. The highest BCUT2D eigenvalue weighted by atomic mass is 16.5. The van der Waals surface area contributed by atoms with Gasteiger partial charge >= 0.3 is 0 Å². The Morgan fingerprint density at radius 1 is 1.33 bits per heavy atom. The van der Waals surface area contributed by atoms with Gasteiger partial charge in [-0.25, -0.2) is 4.99 Å². The first kappa shape index (κ1) is 15.0. The molecule has 1 aromatic carbocycles. The number of rotatable bonds is 6. The molecule has 114 valence electrons. The van der Waals surface area contributed by atoms with Gasteiger partial charge in [0.25, 0.3) is 0 Å². The molecule has 1 aliphatic rings. The fourth-order valence-electron chi connectivity index (χ4n) is 1.76. The Kier molecular flexibility index (Phi) is 4.86. The Bertz CT molecular complexity index is 541. The number of guanidine groups is 1. The van der Waals surface area contributed by atoms with Gasteiger partial charge in [-0.1, -0.05) is 0 Å². The van der Waals surface area contributed by atoms with Gasteiger partial charge in [0.15, 0.2) is 17.5 Å². The summed E-state index contributed by atoms with van der Waals surface area (Å²) < 4.78 is 10.3. The van der Waals surface area contributed by atoms with Gasteiger partial charge in [-0.05, 0) is 25.0 Å². The molecule has 0 unspecified atom stereocenters. The zero-order valence-corrected chi connectivity index (χ0v) is 12.2. The number of amides is 1. The van der Waals surface area contributed by atoms with Crippen molar-refractivity contribution in [1.82, 2.24) is 5.32 Å². The number of nitrogens with one attached hydrogen (secondary N) is 2. The largest absolute Gasteiger partial charge is 0.493 e. The Hall–Kier alpha value is -2.44. The standard InChI is InChI=1S/C14H20N4O3/c1-20-11-6-5-10(7-12(11)21-2)18-14(15)16-8-13(19)17-9-3-4-9/h5-7,9H,3-4,8H2,1-2H3,(H,17,19)(H3,15,16,18). The minimum absolute atomic E-state index is 0.0165. The van der Waals surface area contributed by atoms with E-state index in [-0.39, 0.29) is 18.4 Å². The molecule has 1 aliphatic carbocycles. The molecule has 0 aromatic heterocycles. The maximum atomic E-state index is 11.5. The fraction of sp³-hybridized carbons (Fsp3) is 0.429. The van der Waals surface area contributed by atoms with Gasteiger partial charge in [0.2, 0.25) is 5.91 Å². The van der Waals surface area contributed by atoms with E-state index in [4.69, 9.17) is 15.2 Å². The van der Waals surface area contributed by atoms with Gasteiger partial charge in [-0.3, -0.25) is 4.79 Å². The van der Waals surface area contributed by atoms with Crippen molar-refractivity contribution in [2.45, 2.75) is 18.9 Å². The van der Waals surface area contributed by atoms with Crippen LogP contribution in [0.2, 0.25) is 0 Å². The molecule has 1 saturated carbocycles. The van der Waals surface area contributed by atoms with Crippen molar-refractivity contribution in [1.29, 1.82) is 0 Å². The van der Waals surface area contributed by atoms with Crippen molar-refractivity contribution in [3.05, 3.63) is 18.2 Å². The van der Waals surface area contributed by atoms with E-state index in [1.807, 2.05) is 0 Å². The van der Waals surface area contributed by atoms with Gasteiger partial charge in [-0.2, -0.15) is 0 Å². The van der Waals surface area contributed by atoms with Crippen LogP contribution in [0.15, 0.2) is 23.2 Å². The molecule has 4 N–H and O–H groups in total. The van der Waals surface area contributed by atoms with Gasteiger partial charge in [0, 0.05) is 17.8 Å². The molecule has 2 rings (SSSR count). The number of carbonyl (C=O) groups is 1. The van der Waals surface area contributed by atoms with Crippen LogP contribution in [0.1, 0.15) is 12.8 Å². The lowest BCUT2D eigenvalue weighted by Gasteiger charge is -2.10. The Labute approximate surface area is 123 Å². The summed E-state index contributed by atoms with van der Waals surface area (Å²) in [4.78, 5) is 15.5. The highest BCUT2D eigenvalue weighted by Gasteiger charge is 2.22. The highest BCUT2D eigenvalue weighted by Crippen LogP contribution is 2.29. The number of methoxy groups -OCH3 is 2. The molecule has 0 bridgehead atoms. The molecule has 0 saturated heterocycles. The zero-order valence-electron chi connectivity index (χ0n) is 12.2. The summed E-state index contributed by atoms with van der Waals surface area (Å²) in [7, 11) is 3.13. The lowest BCUT2D eigenvalue weighted by molar-refractivity contribution is -0.119. The van der Waals surface area contributed by atoms with Gasteiger partial charge in [-0.15, -0.1) is 0 Å². The molecule has 0 aliphatic heterocycles. The first-order chi connectivity index (χ1) is 10.1. The van der Waals surface area contributed by atoms with E-state index >= 15 is 0 Å². The maximum absolute atomic E-state index is 11.5.